The molecule has 6 nitrogen and oxygen atoms in total. The molecule has 144 valence electrons. The second-order valence-electron chi connectivity index (χ2n) is 5.33. The van der Waals surface area contributed by atoms with E-state index in [2.05, 4.69) is 10.1 Å². The van der Waals surface area contributed by atoms with Crippen molar-refractivity contribution in [3.63, 3.8) is 0 Å². The summed E-state index contributed by atoms with van der Waals surface area (Å²) in [5.41, 5.74) is 1.32. The summed E-state index contributed by atoms with van der Waals surface area (Å²) in [6.07, 6.45) is 0. The Labute approximate surface area is 159 Å². The fraction of sp³-hybridized carbons (Fsp3) is 0.222. The Morgan fingerprint density at radius 1 is 1.15 bits per heavy atom. The fourth-order valence-electron chi connectivity index (χ4n) is 2.13. The van der Waals surface area contributed by atoms with E-state index in [4.69, 9.17) is 21.1 Å². The minimum absolute atomic E-state index is 0.100. The summed E-state index contributed by atoms with van der Waals surface area (Å²) in [5.74, 6) is -1.01. The fourth-order valence-corrected chi connectivity index (χ4v) is 2.35. The van der Waals surface area contributed by atoms with Gasteiger partial charge in [0.2, 0.25) is 0 Å². The molecule has 2 aromatic rings. The standard InChI is InChI=1S/C18H16ClF2NO5/c1-10-3-4-11(7-15(10)25-2)17(24)26-9-16(23)22-12-5-6-14(13(19)8-12)27-18(20)21/h3-8,18H,9H2,1-2H3,(H,22,23). The maximum absolute atomic E-state index is 12.2. The van der Waals surface area contributed by atoms with Crippen LogP contribution in [0.2, 0.25) is 5.02 Å². The number of carbonyl (C=O) groups excluding carboxylic acids is 2. The van der Waals surface area contributed by atoms with Crippen LogP contribution in [0.15, 0.2) is 36.4 Å². The van der Waals surface area contributed by atoms with Crippen LogP contribution in [0.4, 0.5) is 14.5 Å². The van der Waals surface area contributed by atoms with Crippen molar-refractivity contribution >= 4 is 29.2 Å². The Kier molecular flexibility index (Phi) is 6.95. The summed E-state index contributed by atoms with van der Waals surface area (Å²) in [5, 5.41) is 2.33. The van der Waals surface area contributed by atoms with Crippen LogP contribution in [0.1, 0.15) is 15.9 Å². The number of methoxy groups -OCH3 is 1. The first-order chi connectivity index (χ1) is 12.8. The molecule has 0 aromatic heterocycles. The third-order valence-corrected chi connectivity index (χ3v) is 3.71. The molecule has 0 saturated heterocycles. The molecular formula is C18H16ClF2NO5. The number of benzene rings is 2. The van der Waals surface area contributed by atoms with Gasteiger partial charge in [-0.2, -0.15) is 8.78 Å². The molecule has 9 heteroatoms. The normalized spacial score (nSPS) is 10.4. The van der Waals surface area contributed by atoms with Crippen molar-refractivity contribution in [2.45, 2.75) is 13.5 Å². The van der Waals surface area contributed by atoms with Crippen molar-refractivity contribution in [1.82, 2.24) is 0 Å². The smallest absolute Gasteiger partial charge is 0.387 e. The summed E-state index contributed by atoms with van der Waals surface area (Å²) in [6.45, 7) is -1.73. The Morgan fingerprint density at radius 3 is 2.52 bits per heavy atom. The van der Waals surface area contributed by atoms with Crippen molar-refractivity contribution < 1.29 is 32.6 Å². The van der Waals surface area contributed by atoms with Gasteiger partial charge >= 0.3 is 12.6 Å². The first-order valence-corrected chi connectivity index (χ1v) is 8.04. The number of halogens is 3. The van der Waals surface area contributed by atoms with Crippen LogP contribution < -0.4 is 14.8 Å². The predicted octanol–water partition coefficient (Wildman–Crippen LogP) is 4.05. The number of rotatable bonds is 7. The zero-order valence-electron chi connectivity index (χ0n) is 14.4. The molecule has 0 aliphatic carbocycles. The third-order valence-electron chi connectivity index (χ3n) is 3.41. The molecule has 0 heterocycles. The van der Waals surface area contributed by atoms with Crippen molar-refractivity contribution in [3.8, 4) is 11.5 Å². The Bertz CT molecular complexity index is 844. The molecule has 0 unspecified atom stereocenters. The molecular weight excluding hydrogens is 384 g/mol. The van der Waals surface area contributed by atoms with Crippen LogP contribution in [0.25, 0.3) is 0 Å². The van der Waals surface area contributed by atoms with Crippen LogP contribution in [0, 0.1) is 6.92 Å². The minimum Gasteiger partial charge on any atom is -0.496 e. The highest BCUT2D eigenvalue weighted by Gasteiger charge is 2.14. The predicted molar refractivity (Wildman–Crippen MR) is 94.7 cm³/mol. The number of nitrogens with one attached hydrogen (secondary N) is 1. The number of alkyl halides is 2. The van der Waals surface area contributed by atoms with Gasteiger partial charge in [-0.25, -0.2) is 4.79 Å². The van der Waals surface area contributed by atoms with Gasteiger partial charge in [0.25, 0.3) is 5.91 Å². The van der Waals surface area contributed by atoms with Crippen LogP contribution in [0.3, 0.4) is 0 Å². The Balaban J connectivity index is 1.92. The molecule has 0 saturated carbocycles. The van der Waals surface area contributed by atoms with Gasteiger partial charge in [0.05, 0.1) is 17.7 Å². The molecule has 0 aliphatic heterocycles. The van der Waals surface area contributed by atoms with E-state index in [1.807, 2.05) is 6.92 Å². The summed E-state index contributed by atoms with van der Waals surface area (Å²) in [4.78, 5) is 23.9. The van der Waals surface area contributed by atoms with Crippen molar-refractivity contribution in [2.75, 3.05) is 19.0 Å². The van der Waals surface area contributed by atoms with Gasteiger partial charge in [-0.05, 0) is 42.8 Å². The van der Waals surface area contributed by atoms with Gasteiger partial charge in [0.1, 0.15) is 11.5 Å². The van der Waals surface area contributed by atoms with E-state index in [0.29, 0.717) is 5.75 Å². The minimum atomic E-state index is -3.01. The Morgan fingerprint density at radius 2 is 1.89 bits per heavy atom. The van der Waals surface area contributed by atoms with Gasteiger partial charge in [0.15, 0.2) is 6.61 Å². The summed E-state index contributed by atoms with van der Waals surface area (Å²) >= 11 is 5.80. The molecule has 1 N–H and O–H groups in total. The molecule has 0 aliphatic rings. The van der Waals surface area contributed by atoms with Gasteiger partial charge in [-0.1, -0.05) is 17.7 Å². The highest BCUT2D eigenvalue weighted by molar-refractivity contribution is 6.32. The first kappa shape index (κ1) is 20.4. The quantitative estimate of drug-likeness (QED) is 0.711. The number of ether oxygens (including phenoxy) is 3. The van der Waals surface area contributed by atoms with Crippen LogP contribution >= 0.6 is 11.6 Å². The average molecular weight is 400 g/mol. The van der Waals surface area contributed by atoms with Gasteiger partial charge in [-0.3, -0.25) is 4.79 Å². The number of carbonyl (C=O) groups is 2. The molecule has 0 radical (unpaired) electrons. The van der Waals surface area contributed by atoms with Gasteiger partial charge < -0.3 is 19.5 Å². The first-order valence-electron chi connectivity index (χ1n) is 7.66. The lowest BCUT2D eigenvalue weighted by atomic mass is 10.1. The van der Waals surface area contributed by atoms with Crippen molar-refractivity contribution in [1.29, 1.82) is 0 Å². The monoisotopic (exact) mass is 399 g/mol. The van der Waals surface area contributed by atoms with E-state index >= 15 is 0 Å². The van der Waals surface area contributed by atoms with Crippen LogP contribution in [-0.4, -0.2) is 32.2 Å². The average Bonchev–Trinajstić information content (AvgIpc) is 2.62. The SMILES string of the molecule is COc1cc(C(=O)OCC(=O)Nc2ccc(OC(F)F)c(Cl)c2)ccc1C. The van der Waals surface area contributed by atoms with Gasteiger partial charge in [-0.15, -0.1) is 0 Å². The van der Waals surface area contributed by atoms with E-state index in [0.717, 1.165) is 5.56 Å². The molecule has 27 heavy (non-hydrogen) atoms. The molecule has 2 rings (SSSR count). The molecule has 0 fully saturated rings. The zero-order valence-corrected chi connectivity index (χ0v) is 15.2. The van der Waals surface area contributed by atoms with Crippen LogP contribution in [-0.2, 0) is 9.53 Å². The number of amides is 1. The summed E-state index contributed by atoms with van der Waals surface area (Å²) < 4.78 is 38.7. The third kappa shape index (κ3) is 5.82. The summed E-state index contributed by atoms with van der Waals surface area (Å²) in [7, 11) is 1.48. The lowest BCUT2D eigenvalue weighted by Crippen LogP contribution is -2.21. The molecule has 0 atom stereocenters. The molecule has 2 aromatic carbocycles. The van der Waals surface area contributed by atoms with E-state index in [-0.39, 0.29) is 22.0 Å². The second kappa shape index (κ2) is 9.18. The largest absolute Gasteiger partial charge is 0.496 e. The summed E-state index contributed by atoms with van der Waals surface area (Å²) in [6, 6.07) is 8.52. The van der Waals surface area contributed by atoms with E-state index in [9.17, 15) is 18.4 Å². The van der Waals surface area contributed by atoms with E-state index in [1.165, 1.54) is 31.4 Å². The van der Waals surface area contributed by atoms with Gasteiger partial charge in [0, 0.05) is 5.69 Å². The molecule has 1 amide bonds. The van der Waals surface area contributed by atoms with Crippen molar-refractivity contribution in [2.24, 2.45) is 0 Å². The highest BCUT2D eigenvalue weighted by atomic mass is 35.5. The van der Waals surface area contributed by atoms with E-state index in [1.54, 1.807) is 12.1 Å². The lowest BCUT2D eigenvalue weighted by Gasteiger charge is -2.10. The zero-order chi connectivity index (χ0) is 20.0. The number of anilines is 1. The van der Waals surface area contributed by atoms with Crippen LogP contribution in [0.5, 0.6) is 11.5 Å². The molecule has 0 spiro atoms. The van der Waals surface area contributed by atoms with E-state index < -0.39 is 25.1 Å². The Hall–Kier alpha value is -2.87. The number of esters is 1. The number of hydrogen-bond acceptors (Lipinski definition) is 5. The lowest BCUT2D eigenvalue weighted by molar-refractivity contribution is -0.119. The number of aryl methyl sites for hydroxylation is 1. The number of hydrogen-bond donors (Lipinski definition) is 1. The topological polar surface area (TPSA) is 73.9 Å². The van der Waals surface area contributed by atoms with Crippen molar-refractivity contribution in [3.05, 3.63) is 52.5 Å². The highest BCUT2D eigenvalue weighted by Crippen LogP contribution is 2.29. The molecule has 0 bridgehead atoms. The second-order valence-corrected chi connectivity index (χ2v) is 5.74. The maximum atomic E-state index is 12.2. The maximum Gasteiger partial charge on any atom is 0.387 e.